The summed E-state index contributed by atoms with van der Waals surface area (Å²) in [5.41, 5.74) is 0.838. The highest BCUT2D eigenvalue weighted by atomic mass is 79.9. The van der Waals surface area contributed by atoms with E-state index in [4.69, 9.17) is 16.3 Å². The molecule has 0 radical (unpaired) electrons. The summed E-state index contributed by atoms with van der Waals surface area (Å²) in [6, 6.07) is 5.39. The Morgan fingerprint density at radius 2 is 2.27 bits per heavy atom. The van der Waals surface area contributed by atoms with Crippen LogP contribution in [0.2, 0.25) is 5.02 Å². The molecular weight excluding hydrogens is 279 g/mol. The molecular formula is C11H12BrClO2. The van der Waals surface area contributed by atoms with E-state index in [2.05, 4.69) is 15.9 Å². The quantitative estimate of drug-likeness (QED) is 0.779. The summed E-state index contributed by atoms with van der Waals surface area (Å²) >= 11 is 9.14. The number of hydrogen-bond acceptors (Lipinski definition) is 2. The van der Waals surface area contributed by atoms with E-state index in [0.29, 0.717) is 23.4 Å². The van der Waals surface area contributed by atoms with Crippen molar-refractivity contribution in [1.82, 2.24) is 0 Å². The highest BCUT2D eigenvalue weighted by Crippen LogP contribution is 2.23. The number of Topliss-reactive ketones (excluding diaryl/α,β-unsaturated/α-hetero) is 1. The molecule has 1 rings (SSSR count). The zero-order valence-corrected chi connectivity index (χ0v) is 10.8. The van der Waals surface area contributed by atoms with E-state index in [-0.39, 0.29) is 5.78 Å². The monoisotopic (exact) mass is 290 g/mol. The maximum absolute atomic E-state index is 11.2. The van der Waals surface area contributed by atoms with Crippen LogP contribution in [0.25, 0.3) is 0 Å². The number of carbonyl (C=O) groups is 1. The van der Waals surface area contributed by atoms with Gasteiger partial charge >= 0.3 is 0 Å². The molecule has 0 saturated heterocycles. The maximum Gasteiger partial charge on any atom is 0.147 e. The predicted octanol–water partition coefficient (Wildman–Crippen LogP) is 3.25. The lowest BCUT2D eigenvalue weighted by Gasteiger charge is -2.06. The topological polar surface area (TPSA) is 26.3 Å². The number of ketones is 1. The molecule has 2 nitrogen and oxygen atoms in total. The van der Waals surface area contributed by atoms with Crippen LogP contribution in [0.5, 0.6) is 5.75 Å². The largest absolute Gasteiger partial charge is 0.494 e. The third-order valence-electron chi connectivity index (χ3n) is 1.87. The van der Waals surface area contributed by atoms with Crippen molar-refractivity contribution in [3.05, 3.63) is 28.8 Å². The summed E-state index contributed by atoms with van der Waals surface area (Å²) in [7, 11) is 0. The lowest BCUT2D eigenvalue weighted by molar-refractivity contribution is -0.115. The second-order valence-electron chi connectivity index (χ2n) is 3.04. The minimum Gasteiger partial charge on any atom is -0.494 e. The minimum atomic E-state index is 0.112. The zero-order valence-electron chi connectivity index (χ0n) is 8.43. The van der Waals surface area contributed by atoms with Gasteiger partial charge in [-0.05, 0) is 24.6 Å². The van der Waals surface area contributed by atoms with Crippen LogP contribution < -0.4 is 4.74 Å². The molecule has 0 spiro atoms. The highest BCUT2D eigenvalue weighted by Gasteiger charge is 2.06. The molecule has 0 aliphatic heterocycles. The normalized spacial score (nSPS) is 10.1. The van der Waals surface area contributed by atoms with Crippen LogP contribution in [0, 0.1) is 0 Å². The number of ether oxygens (including phenoxy) is 1. The second kappa shape index (κ2) is 6.13. The number of carbonyl (C=O) groups excluding carboxylic acids is 1. The van der Waals surface area contributed by atoms with E-state index in [1.165, 1.54) is 0 Å². The fraction of sp³-hybridized carbons (Fsp3) is 0.364. The van der Waals surface area contributed by atoms with Gasteiger partial charge in [-0.3, -0.25) is 4.79 Å². The first-order valence-electron chi connectivity index (χ1n) is 4.66. The third kappa shape index (κ3) is 3.84. The Hall–Kier alpha value is -0.540. The Bertz CT molecular complexity index is 352. The zero-order chi connectivity index (χ0) is 11.3. The lowest BCUT2D eigenvalue weighted by atomic mass is 10.1. The van der Waals surface area contributed by atoms with Crippen LogP contribution in [0.4, 0.5) is 0 Å². The first kappa shape index (κ1) is 12.5. The van der Waals surface area contributed by atoms with Gasteiger partial charge in [0.05, 0.1) is 11.9 Å². The average molecular weight is 292 g/mol. The summed E-state index contributed by atoms with van der Waals surface area (Å²) in [6.07, 6.45) is 0.358. The van der Waals surface area contributed by atoms with Gasteiger partial charge in [-0.25, -0.2) is 0 Å². The predicted molar refractivity (Wildman–Crippen MR) is 65.1 cm³/mol. The molecule has 0 aliphatic rings. The van der Waals surface area contributed by atoms with Gasteiger partial charge in [0.2, 0.25) is 0 Å². The van der Waals surface area contributed by atoms with E-state index in [9.17, 15) is 4.79 Å². The van der Waals surface area contributed by atoms with Crippen molar-refractivity contribution < 1.29 is 9.53 Å². The summed E-state index contributed by atoms with van der Waals surface area (Å²) in [5, 5.41) is 0.937. The second-order valence-corrected chi connectivity index (χ2v) is 4.00. The number of benzene rings is 1. The molecule has 0 amide bonds. The highest BCUT2D eigenvalue weighted by molar-refractivity contribution is 9.09. The van der Waals surface area contributed by atoms with Crippen LogP contribution >= 0.6 is 27.5 Å². The number of alkyl halides is 1. The van der Waals surface area contributed by atoms with E-state index in [1.54, 1.807) is 6.07 Å². The Kier molecular flexibility index (Phi) is 5.12. The SMILES string of the molecule is CCOc1ccc(CC(=O)CBr)c(Cl)c1. The van der Waals surface area contributed by atoms with Crippen LogP contribution in [0.1, 0.15) is 12.5 Å². The van der Waals surface area contributed by atoms with Gasteiger partial charge in [0.1, 0.15) is 11.5 Å². The first-order chi connectivity index (χ1) is 7.17. The van der Waals surface area contributed by atoms with E-state index in [0.717, 1.165) is 11.3 Å². The molecule has 1 aromatic carbocycles. The molecule has 0 atom stereocenters. The van der Waals surface area contributed by atoms with Gasteiger partial charge in [-0.2, -0.15) is 0 Å². The summed E-state index contributed by atoms with van der Waals surface area (Å²) in [6.45, 7) is 2.52. The van der Waals surface area contributed by atoms with Crippen molar-refractivity contribution in [3.8, 4) is 5.75 Å². The molecule has 0 aromatic heterocycles. The molecule has 4 heteroatoms. The van der Waals surface area contributed by atoms with Gasteiger partial charge < -0.3 is 4.74 Å². The lowest BCUT2D eigenvalue weighted by Crippen LogP contribution is -2.04. The van der Waals surface area contributed by atoms with Crippen molar-refractivity contribution in [2.75, 3.05) is 11.9 Å². The Morgan fingerprint density at radius 1 is 1.53 bits per heavy atom. The van der Waals surface area contributed by atoms with Crippen molar-refractivity contribution in [2.24, 2.45) is 0 Å². The van der Waals surface area contributed by atoms with Crippen LogP contribution in [-0.4, -0.2) is 17.7 Å². The van der Waals surface area contributed by atoms with Crippen molar-refractivity contribution >= 4 is 33.3 Å². The van der Waals surface area contributed by atoms with E-state index >= 15 is 0 Å². The number of halogens is 2. The van der Waals surface area contributed by atoms with Crippen LogP contribution in [0.15, 0.2) is 18.2 Å². The Balaban J connectivity index is 2.78. The fourth-order valence-electron chi connectivity index (χ4n) is 1.19. The minimum absolute atomic E-state index is 0.112. The number of rotatable bonds is 5. The summed E-state index contributed by atoms with van der Waals surface area (Å²) in [5.74, 6) is 0.846. The van der Waals surface area contributed by atoms with Crippen molar-refractivity contribution in [2.45, 2.75) is 13.3 Å². The van der Waals surface area contributed by atoms with Crippen molar-refractivity contribution in [3.63, 3.8) is 0 Å². The molecule has 82 valence electrons. The van der Waals surface area contributed by atoms with Gasteiger partial charge in [0, 0.05) is 11.4 Å². The van der Waals surface area contributed by atoms with Gasteiger partial charge in [-0.15, -0.1) is 0 Å². The molecule has 0 aliphatic carbocycles. The molecule has 0 saturated carbocycles. The van der Waals surface area contributed by atoms with Crippen molar-refractivity contribution in [1.29, 1.82) is 0 Å². The fourth-order valence-corrected chi connectivity index (χ4v) is 1.62. The molecule has 0 unspecified atom stereocenters. The standard InChI is InChI=1S/C11H12BrClO2/c1-2-15-10-4-3-8(11(13)6-10)5-9(14)7-12/h3-4,6H,2,5,7H2,1H3. The van der Waals surface area contributed by atoms with Gasteiger partial charge in [0.25, 0.3) is 0 Å². The summed E-state index contributed by atoms with van der Waals surface area (Å²) < 4.78 is 5.29. The molecule has 0 heterocycles. The van der Waals surface area contributed by atoms with E-state index in [1.807, 2.05) is 19.1 Å². The molecule has 1 aromatic rings. The summed E-state index contributed by atoms with van der Waals surface area (Å²) in [4.78, 5) is 11.2. The molecule has 0 fully saturated rings. The molecule has 15 heavy (non-hydrogen) atoms. The average Bonchev–Trinajstić information content (AvgIpc) is 2.22. The van der Waals surface area contributed by atoms with Crippen LogP contribution in [-0.2, 0) is 11.2 Å². The van der Waals surface area contributed by atoms with E-state index < -0.39 is 0 Å². The van der Waals surface area contributed by atoms with Gasteiger partial charge in [-0.1, -0.05) is 33.6 Å². The maximum atomic E-state index is 11.2. The third-order valence-corrected chi connectivity index (χ3v) is 2.85. The Labute approximate surface area is 103 Å². The van der Waals surface area contributed by atoms with Crippen LogP contribution in [0.3, 0.4) is 0 Å². The van der Waals surface area contributed by atoms with Gasteiger partial charge in [0.15, 0.2) is 0 Å². The first-order valence-corrected chi connectivity index (χ1v) is 6.16. The molecule has 0 N–H and O–H groups in total. The Morgan fingerprint density at radius 3 is 2.80 bits per heavy atom. The smallest absolute Gasteiger partial charge is 0.147 e. The number of hydrogen-bond donors (Lipinski definition) is 0. The molecule has 0 bridgehead atoms.